The highest BCUT2D eigenvalue weighted by Gasteiger charge is 2.17. The van der Waals surface area contributed by atoms with Crippen molar-refractivity contribution in [1.29, 1.82) is 0 Å². The Hall–Kier alpha value is -4.80. The summed E-state index contributed by atoms with van der Waals surface area (Å²) in [5.74, 6) is -2.44. The molecule has 0 atom stereocenters. The molecule has 178 valence electrons. The topological polar surface area (TPSA) is 91.9 Å². The van der Waals surface area contributed by atoms with Gasteiger partial charge in [0.2, 0.25) is 0 Å². The highest BCUT2D eigenvalue weighted by atomic mass is 19.1. The molecule has 3 N–H and O–H groups in total. The fourth-order valence-corrected chi connectivity index (χ4v) is 3.56. The van der Waals surface area contributed by atoms with E-state index in [1.54, 1.807) is 44.5 Å². The van der Waals surface area contributed by atoms with Crippen LogP contribution in [0.3, 0.4) is 0 Å². The van der Waals surface area contributed by atoms with E-state index in [1.807, 2.05) is 0 Å². The van der Waals surface area contributed by atoms with Gasteiger partial charge in [-0.3, -0.25) is 4.79 Å². The molecule has 0 spiro atoms. The number of nitrogens with zero attached hydrogens (tertiary/aromatic N) is 2. The molecule has 0 unspecified atom stereocenters. The van der Waals surface area contributed by atoms with E-state index in [0.29, 0.717) is 34.0 Å². The van der Waals surface area contributed by atoms with Crippen LogP contribution in [0.5, 0.6) is 11.5 Å². The minimum atomic E-state index is -0.915. The summed E-state index contributed by atoms with van der Waals surface area (Å²) in [6.07, 6.45) is 4.78. The number of benzene rings is 2. The van der Waals surface area contributed by atoms with Gasteiger partial charge in [-0.15, -0.1) is 0 Å². The van der Waals surface area contributed by atoms with Crippen LogP contribution in [-0.4, -0.2) is 28.7 Å². The van der Waals surface area contributed by atoms with Gasteiger partial charge in [0.1, 0.15) is 36.7 Å². The first-order valence-corrected chi connectivity index (χ1v) is 10.8. The first-order valence-electron chi connectivity index (χ1n) is 10.8. The maximum absolute atomic E-state index is 14.9. The zero-order valence-corrected chi connectivity index (χ0v) is 18.8. The molecule has 3 heterocycles. The Morgan fingerprint density at radius 2 is 1.81 bits per heavy atom. The number of H-pyrrole nitrogens is 1. The minimum absolute atomic E-state index is 0.00383. The molecule has 5 rings (SSSR count). The van der Waals surface area contributed by atoms with E-state index in [2.05, 4.69) is 25.6 Å². The Bertz CT molecular complexity index is 1610. The van der Waals surface area contributed by atoms with Crippen molar-refractivity contribution < 1.29 is 22.7 Å². The second-order valence-electron chi connectivity index (χ2n) is 7.91. The molecule has 0 fully saturated rings. The quantitative estimate of drug-likeness (QED) is 0.309. The first kappa shape index (κ1) is 23.0. The molecular weight excluding hydrogens is 470 g/mol. The van der Waals surface area contributed by atoms with Gasteiger partial charge in [-0.2, -0.15) is 0 Å². The van der Waals surface area contributed by atoms with E-state index in [-0.39, 0.29) is 22.8 Å². The summed E-state index contributed by atoms with van der Waals surface area (Å²) < 4.78 is 47.8. The number of nitrogens with one attached hydrogen (secondary N) is 3. The van der Waals surface area contributed by atoms with Crippen LogP contribution in [0.15, 0.2) is 73.2 Å². The van der Waals surface area contributed by atoms with Gasteiger partial charge in [0, 0.05) is 36.4 Å². The third-order valence-electron chi connectivity index (χ3n) is 5.28. The van der Waals surface area contributed by atoms with Gasteiger partial charge < -0.3 is 20.4 Å². The zero-order chi connectivity index (χ0) is 25.2. The van der Waals surface area contributed by atoms with Crippen LogP contribution in [0, 0.1) is 17.5 Å². The van der Waals surface area contributed by atoms with Gasteiger partial charge in [0.25, 0.3) is 5.91 Å². The summed E-state index contributed by atoms with van der Waals surface area (Å²) in [5, 5.41) is 6.02. The number of carbonyl (C=O) groups excluding carboxylic acids is 1. The van der Waals surface area contributed by atoms with Crippen molar-refractivity contribution in [2.75, 3.05) is 10.6 Å². The van der Waals surface area contributed by atoms with Crippen molar-refractivity contribution in [3.8, 4) is 11.5 Å². The van der Waals surface area contributed by atoms with Crippen molar-refractivity contribution in [3.63, 3.8) is 0 Å². The largest absolute Gasteiger partial charge is 0.453 e. The van der Waals surface area contributed by atoms with Gasteiger partial charge in [-0.05, 0) is 36.4 Å². The zero-order valence-electron chi connectivity index (χ0n) is 18.8. The molecule has 2 aromatic carbocycles. The van der Waals surface area contributed by atoms with Crippen molar-refractivity contribution in [2.24, 2.45) is 0 Å². The molecule has 11 heteroatoms. The highest BCUT2D eigenvalue weighted by Crippen LogP contribution is 2.32. The summed E-state index contributed by atoms with van der Waals surface area (Å²) in [7, 11) is 1.73. The van der Waals surface area contributed by atoms with E-state index in [9.17, 15) is 18.0 Å². The molecule has 36 heavy (non-hydrogen) atoms. The van der Waals surface area contributed by atoms with Crippen LogP contribution in [0.1, 0.15) is 10.4 Å². The number of amides is 1. The second kappa shape index (κ2) is 9.45. The van der Waals surface area contributed by atoms with E-state index >= 15 is 0 Å². The Kier molecular flexibility index (Phi) is 6.03. The van der Waals surface area contributed by atoms with Gasteiger partial charge in [0.15, 0.2) is 11.6 Å². The summed E-state index contributed by atoms with van der Waals surface area (Å²) in [4.78, 5) is 24.2. The molecular formula is C25H17BF3N5O2. The van der Waals surface area contributed by atoms with Crippen molar-refractivity contribution in [1.82, 2.24) is 15.0 Å². The standard InChI is InChI=1S/C25H17BF3N5O2/c26-13-9-17(25(35)34-20-3-1-14(27)10-18(20)28)24(32-12-13)33-15-2-4-22(19(29)11-15)36-21-6-8-31-23-16(21)5-7-30-23/h1-12H,26H2,(H,30,31)(H,32,33)(H,34,35). The number of hydrogen-bond acceptors (Lipinski definition) is 5. The first-order chi connectivity index (χ1) is 17.4. The van der Waals surface area contributed by atoms with Crippen molar-refractivity contribution in [2.45, 2.75) is 0 Å². The van der Waals surface area contributed by atoms with Crippen molar-refractivity contribution >= 4 is 47.4 Å². The van der Waals surface area contributed by atoms with Crippen LogP contribution in [-0.2, 0) is 0 Å². The number of ether oxygens (including phenoxy) is 1. The normalized spacial score (nSPS) is 10.9. The van der Waals surface area contributed by atoms with Gasteiger partial charge in [-0.1, -0.05) is 11.5 Å². The number of halogens is 3. The Balaban J connectivity index is 1.38. The van der Waals surface area contributed by atoms with E-state index < -0.39 is 23.4 Å². The van der Waals surface area contributed by atoms with Crippen LogP contribution in [0.2, 0.25) is 0 Å². The summed E-state index contributed by atoms with van der Waals surface area (Å²) in [5.41, 5.74) is 1.50. The molecule has 0 aliphatic carbocycles. The number of pyridine rings is 2. The lowest BCUT2D eigenvalue weighted by Gasteiger charge is -2.14. The number of carbonyl (C=O) groups is 1. The highest BCUT2D eigenvalue weighted by molar-refractivity contribution is 6.32. The molecule has 0 bridgehead atoms. The number of anilines is 3. The van der Waals surface area contributed by atoms with E-state index in [1.165, 1.54) is 18.3 Å². The number of fused-ring (bicyclic) bond motifs is 1. The average molecular weight is 487 g/mol. The van der Waals surface area contributed by atoms with E-state index in [0.717, 1.165) is 12.1 Å². The SMILES string of the molecule is Bc1cnc(Nc2ccc(Oc3ccnc4[nH]ccc34)c(F)c2)c(C(=O)Nc2ccc(F)cc2F)c1. The summed E-state index contributed by atoms with van der Waals surface area (Å²) in [6, 6.07) is 12.0. The third kappa shape index (κ3) is 4.71. The molecule has 0 saturated heterocycles. The van der Waals surface area contributed by atoms with Crippen LogP contribution < -0.4 is 20.8 Å². The van der Waals surface area contributed by atoms with Crippen LogP contribution >= 0.6 is 0 Å². The maximum Gasteiger partial charge on any atom is 0.259 e. The number of rotatable bonds is 6. The molecule has 0 saturated carbocycles. The van der Waals surface area contributed by atoms with Crippen molar-refractivity contribution in [3.05, 3.63) is 96.2 Å². The molecule has 0 aliphatic heterocycles. The van der Waals surface area contributed by atoms with E-state index in [4.69, 9.17) is 4.74 Å². The Labute approximate surface area is 203 Å². The van der Waals surface area contributed by atoms with Gasteiger partial charge in [0.05, 0.1) is 16.6 Å². The molecule has 0 aliphatic rings. The number of aromatic nitrogens is 3. The predicted octanol–water partition coefficient (Wildman–Crippen LogP) is 4.42. The Morgan fingerprint density at radius 1 is 0.944 bits per heavy atom. The molecule has 0 radical (unpaired) electrons. The minimum Gasteiger partial charge on any atom is -0.453 e. The number of hydrogen-bond donors (Lipinski definition) is 3. The monoisotopic (exact) mass is 487 g/mol. The lowest BCUT2D eigenvalue weighted by molar-refractivity contribution is 0.102. The Morgan fingerprint density at radius 3 is 2.61 bits per heavy atom. The third-order valence-corrected chi connectivity index (χ3v) is 5.28. The molecule has 3 aromatic heterocycles. The average Bonchev–Trinajstić information content (AvgIpc) is 3.33. The predicted molar refractivity (Wildman–Crippen MR) is 133 cm³/mol. The molecule has 7 nitrogen and oxygen atoms in total. The lowest BCUT2D eigenvalue weighted by atomic mass is 9.96. The van der Waals surface area contributed by atoms with Crippen LogP contribution in [0.25, 0.3) is 11.0 Å². The van der Waals surface area contributed by atoms with Crippen LogP contribution in [0.4, 0.5) is 30.4 Å². The fourth-order valence-electron chi connectivity index (χ4n) is 3.56. The number of aromatic amines is 1. The smallest absolute Gasteiger partial charge is 0.259 e. The molecule has 1 amide bonds. The second-order valence-corrected chi connectivity index (χ2v) is 7.91. The van der Waals surface area contributed by atoms with Gasteiger partial charge in [-0.25, -0.2) is 23.1 Å². The fraction of sp³-hybridized carbons (Fsp3) is 0. The summed E-state index contributed by atoms with van der Waals surface area (Å²) in [6.45, 7) is 0. The summed E-state index contributed by atoms with van der Waals surface area (Å²) >= 11 is 0. The maximum atomic E-state index is 14.9. The molecule has 5 aromatic rings. The lowest BCUT2D eigenvalue weighted by Crippen LogP contribution is -2.19. The van der Waals surface area contributed by atoms with Gasteiger partial charge >= 0.3 is 0 Å².